The van der Waals surface area contributed by atoms with Crippen molar-refractivity contribution in [3.05, 3.63) is 36.2 Å². The summed E-state index contributed by atoms with van der Waals surface area (Å²) in [4.78, 5) is 4.66. The van der Waals surface area contributed by atoms with Crippen LogP contribution in [0.25, 0.3) is 11.0 Å². The number of nitrogens with zero attached hydrogens (tertiary/aromatic N) is 5. The largest absolute Gasteiger partial charge is 0.497 e. The zero-order valence-corrected chi connectivity index (χ0v) is 12.7. The molecule has 0 aliphatic carbocycles. The summed E-state index contributed by atoms with van der Waals surface area (Å²) in [5.74, 6) is 3.14. The van der Waals surface area contributed by atoms with Gasteiger partial charge in [-0.25, -0.2) is 4.98 Å². The molecule has 2 aromatic heterocycles. The molecule has 0 saturated carbocycles. The van der Waals surface area contributed by atoms with E-state index in [0.29, 0.717) is 18.8 Å². The Morgan fingerprint density at radius 2 is 2.14 bits per heavy atom. The van der Waals surface area contributed by atoms with Crippen molar-refractivity contribution in [2.24, 2.45) is 7.05 Å². The molecule has 6 nitrogen and oxygen atoms in total. The van der Waals surface area contributed by atoms with Gasteiger partial charge in [-0.3, -0.25) is 0 Å². The highest BCUT2D eigenvalue weighted by Gasteiger charge is 2.13. The monoisotopic (exact) mass is 305 g/mol. The van der Waals surface area contributed by atoms with E-state index in [0.717, 1.165) is 28.4 Å². The molecule has 0 aliphatic rings. The van der Waals surface area contributed by atoms with E-state index in [9.17, 15) is 0 Å². The summed E-state index contributed by atoms with van der Waals surface area (Å²) >= 11 is 5.90. The number of methoxy groups -OCH3 is 1. The maximum atomic E-state index is 5.90. The van der Waals surface area contributed by atoms with Gasteiger partial charge in [0.05, 0.1) is 24.7 Å². The molecular weight excluding hydrogens is 290 g/mol. The number of rotatable bonds is 5. The number of hydrogen-bond donors (Lipinski definition) is 0. The van der Waals surface area contributed by atoms with Crippen LogP contribution in [0.5, 0.6) is 5.75 Å². The molecule has 7 heteroatoms. The van der Waals surface area contributed by atoms with Crippen molar-refractivity contribution in [2.45, 2.75) is 13.0 Å². The highest BCUT2D eigenvalue weighted by molar-refractivity contribution is 6.17. The predicted octanol–water partition coefficient (Wildman–Crippen LogP) is 2.00. The normalized spacial score (nSPS) is 11.2. The standard InChI is InChI=1S/C14H16ClN5O/c1-19-9-16-18-14(19)8-20-12-4-3-10(21-2)7-11(12)17-13(20)5-6-15/h3-4,7,9H,5-6,8H2,1-2H3. The van der Waals surface area contributed by atoms with E-state index >= 15 is 0 Å². The van der Waals surface area contributed by atoms with Gasteiger partial charge in [-0.1, -0.05) is 0 Å². The van der Waals surface area contributed by atoms with Crippen molar-refractivity contribution in [1.82, 2.24) is 24.3 Å². The second-order valence-corrected chi connectivity index (χ2v) is 5.14. The molecule has 1 aromatic carbocycles. The lowest BCUT2D eigenvalue weighted by atomic mass is 10.3. The van der Waals surface area contributed by atoms with E-state index in [1.807, 2.05) is 29.8 Å². The van der Waals surface area contributed by atoms with Crippen molar-refractivity contribution in [3.63, 3.8) is 0 Å². The average molecular weight is 306 g/mol. The van der Waals surface area contributed by atoms with E-state index < -0.39 is 0 Å². The van der Waals surface area contributed by atoms with Crippen molar-refractivity contribution >= 4 is 22.6 Å². The Bertz CT molecular complexity index is 764. The zero-order chi connectivity index (χ0) is 14.8. The molecule has 0 radical (unpaired) electrons. The second kappa shape index (κ2) is 5.73. The van der Waals surface area contributed by atoms with Crippen LogP contribution >= 0.6 is 11.6 Å². The van der Waals surface area contributed by atoms with Crippen LogP contribution in [0, 0.1) is 0 Å². The molecular formula is C14H16ClN5O. The highest BCUT2D eigenvalue weighted by atomic mass is 35.5. The fraction of sp³-hybridized carbons (Fsp3) is 0.357. The van der Waals surface area contributed by atoms with E-state index in [1.165, 1.54) is 0 Å². The third-order valence-electron chi connectivity index (χ3n) is 3.46. The lowest BCUT2D eigenvalue weighted by Crippen LogP contribution is -2.09. The Balaban J connectivity index is 2.09. The summed E-state index contributed by atoms with van der Waals surface area (Å²) in [5, 5.41) is 8.06. The van der Waals surface area contributed by atoms with Crippen LogP contribution in [0.3, 0.4) is 0 Å². The van der Waals surface area contributed by atoms with Gasteiger partial charge < -0.3 is 13.9 Å². The number of halogens is 1. The van der Waals surface area contributed by atoms with Crippen LogP contribution in [-0.4, -0.2) is 37.3 Å². The molecule has 2 heterocycles. The third kappa shape index (κ3) is 2.58. The molecule has 0 atom stereocenters. The summed E-state index contributed by atoms with van der Waals surface area (Å²) in [5.41, 5.74) is 1.94. The van der Waals surface area contributed by atoms with Crippen molar-refractivity contribution < 1.29 is 4.74 Å². The van der Waals surface area contributed by atoms with Crippen LogP contribution in [-0.2, 0) is 20.0 Å². The minimum absolute atomic E-state index is 0.527. The molecule has 0 spiro atoms. The van der Waals surface area contributed by atoms with E-state index in [-0.39, 0.29) is 0 Å². The van der Waals surface area contributed by atoms with Crippen LogP contribution in [0.4, 0.5) is 0 Å². The van der Waals surface area contributed by atoms with Crippen LogP contribution < -0.4 is 4.74 Å². The summed E-state index contributed by atoms with van der Waals surface area (Å²) in [6.45, 7) is 0.617. The number of aryl methyl sites for hydroxylation is 2. The predicted molar refractivity (Wildman–Crippen MR) is 80.8 cm³/mol. The lowest BCUT2D eigenvalue weighted by molar-refractivity contribution is 0.415. The Hall–Kier alpha value is -2.08. The fourth-order valence-corrected chi connectivity index (χ4v) is 2.50. The van der Waals surface area contributed by atoms with Gasteiger partial charge in [-0.05, 0) is 12.1 Å². The molecule has 0 saturated heterocycles. The van der Waals surface area contributed by atoms with E-state index in [4.69, 9.17) is 16.3 Å². The second-order valence-electron chi connectivity index (χ2n) is 4.77. The summed E-state index contributed by atoms with van der Waals surface area (Å²) in [6, 6.07) is 5.87. The molecule has 0 unspecified atom stereocenters. The number of fused-ring (bicyclic) bond motifs is 1. The molecule has 21 heavy (non-hydrogen) atoms. The molecule has 0 bridgehead atoms. The Morgan fingerprint density at radius 1 is 1.29 bits per heavy atom. The molecule has 0 fully saturated rings. The zero-order valence-electron chi connectivity index (χ0n) is 12.0. The van der Waals surface area contributed by atoms with Crippen molar-refractivity contribution in [2.75, 3.05) is 13.0 Å². The Labute approximate surface area is 127 Å². The molecule has 0 N–H and O–H groups in total. The maximum absolute atomic E-state index is 5.90. The first-order valence-corrected chi connectivity index (χ1v) is 7.18. The van der Waals surface area contributed by atoms with Gasteiger partial charge in [-0.2, -0.15) is 0 Å². The first kappa shape index (κ1) is 13.9. The van der Waals surface area contributed by atoms with E-state index in [1.54, 1.807) is 13.4 Å². The number of imidazole rings is 1. The average Bonchev–Trinajstić information content (AvgIpc) is 3.04. The summed E-state index contributed by atoms with van der Waals surface area (Å²) in [6.07, 6.45) is 2.40. The van der Waals surface area contributed by atoms with Gasteiger partial charge in [0.25, 0.3) is 0 Å². The number of hydrogen-bond acceptors (Lipinski definition) is 4. The van der Waals surface area contributed by atoms with Crippen LogP contribution in [0.15, 0.2) is 24.5 Å². The molecule has 3 aromatic rings. The minimum atomic E-state index is 0.527. The van der Waals surface area contributed by atoms with Crippen LogP contribution in [0.1, 0.15) is 11.6 Å². The molecule has 110 valence electrons. The summed E-state index contributed by atoms with van der Waals surface area (Å²) in [7, 11) is 3.58. The van der Waals surface area contributed by atoms with Crippen LogP contribution in [0.2, 0.25) is 0 Å². The SMILES string of the molecule is COc1ccc2c(c1)nc(CCCl)n2Cc1nncn1C. The smallest absolute Gasteiger partial charge is 0.152 e. The molecule has 0 aliphatic heterocycles. The molecule has 3 rings (SSSR count). The quantitative estimate of drug-likeness (QED) is 0.677. The fourth-order valence-electron chi connectivity index (χ4n) is 2.33. The van der Waals surface area contributed by atoms with Gasteiger partial charge >= 0.3 is 0 Å². The number of ether oxygens (including phenoxy) is 1. The third-order valence-corrected chi connectivity index (χ3v) is 3.65. The first-order valence-electron chi connectivity index (χ1n) is 6.65. The number of aromatic nitrogens is 5. The first-order chi connectivity index (χ1) is 10.2. The minimum Gasteiger partial charge on any atom is -0.497 e. The van der Waals surface area contributed by atoms with Gasteiger partial charge in [-0.15, -0.1) is 21.8 Å². The Kier molecular flexibility index (Phi) is 3.79. The van der Waals surface area contributed by atoms with Crippen molar-refractivity contribution in [1.29, 1.82) is 0 Å². The van der Waals surface area contributed by atoms with E-state index in [2.05, 4.69) is 19.7 Å². The highest BCUT2D eigenvalue weighted by Crippen LogP contribution is 2.23. The van der Waals surface area contributed by atoms with Gasteiger partial charge in [0.2, 0.25) is 0 Å². The number of benzene rings is 1. The Morgan fingerprint density at radius 3 is 2.81 bits per heavy atom. The van der Waals surface area contributed by atoms with Gasteiger partial charge in [0.15, 0.2) is 5.82 Å². The number of alkyl halides is 1. The van der Waals surface area contributed by atoms with Gasteiger partial charge in [0.1, 0.15) is 17.9 Å². The topological polar surface area (TPSA) is 57.8 Å². The summed E-state index contributed by atoms with van der Waals surface area (Å²) < 4.78 is 9.28. The maximum Gasteiger partial charge on any atom is 0.152 e. The molecule has 0 amide bonds. The van der Waals surface area contributed by atoms with Crippen molar-refractivity contribution in [3.8, 4) is 5.75 Å². The van der Waals surface area contributed by atoms with Gasteiger partial charge in [0, 0.05) is 25.4 Å². The lowest BCUT2D eigenvalue weighted by Gasteiger charge is -2.08.